The number of nitrogens with zero attached hydrogens (tertiary/aromatic N) is 2. The Balaban J connectivity index is 1.57. The van der Waals surface area contributed by atoms with Crippen molar-refractivity contribution in [3.8, 4) is 11.5 Å². The van der Waals surface area contributed by atoms with Crippen molar-refractivity contribution in [1.29, 1.82) is 0 Å². The number of carbonyl (C=O) groups excluding carboxylic acids is 1. The van der Waals surface area contributed by atoms with E-state index in [4.69, 9.17) is 14.5 Å². The molecule has 0 unspecified atom stereocenters. The van der Waals surface area contributed by atoms with E-state index in [0.29, 0.717) is 51.4 Å². The van der Waals surface area contributed by atoms with Crippen LogP contribution in [0.1, 0.15) is 33.6 Å². The first-order valence-electron chi connectivity index (χ1n) is 10.3. The molecule has 0 fully saturated rings. The third-order valence-corrected chi connectivity index (χ3v) is 7.26. The summed E-state index contributed by atoms with van der Waals surface area (Å²) in [7, 11) is 0. The third-order valence-electron chi connectivity index (χ3n) is 5.01. The molecule has 1 aromatic carbocycles. The average molecular weight is 460 g/mol. The van der Waals surface area contributed by atoms with E-state index in [9.17, 15) is 9.59 Å². The Labute approximate surface area is 188 Å². The van der Waals surface area contributed by atoms with Crippen molar-refractivity contribution in [3.63, 3.8) is 0 Å². The topological polar surface area (TPSA) is 82.5 Å². The first kappa shape index (κ1) is 21.7. The molecule has 0 bridgehead atoms. The van der Waals surface area contributed by atoms with Gasteiger partial charge < -0.3 is 14.8 Å². The molecule has 2 aromatic heterocycles. The number of hydrogen-bond acceptors (Lipinski definition) is 7. The molecule has 1 atom stereocenters. The van der Waals surface area contributed by atoms with Gasteiger partial charge in [-0.3, -0.25) is 14.2 Å². The van der Waals surface area contributed by atoms with Gasteiger partial charge in [-0.15, -0.1) is 11.3 Å². The van der Waals surface area contributed by atoms with E-state index in [2.05, 4.69) is 19.2 Å². The number of amides is 1. The highest BCUT2D eigenvalue weighted by atomic mass is 32.2. The molecule has 0 aliphatic carbocycles. The minimum Gasteiger partial charge on any atom is -0.454 e. The van der Waals surface area contributed by atoms with Gasteiger partial charge in [0.25, 0.3) is 5.56 Å². The molecule has 7 nitrogen and oxygen atoms in total. The average Bonchev–Trinajstić information content (AvgIpc) is 3.40. The van der Waals surface area contributed by atoms with Crippen LogP contribution in [0.25, 0.3) is 10.2 Å². The molecule has 1 amide bonds. The van der Waals surface area contributed by atoms with Gasteiger partial charge >= 0.3 is 0 Å². The summed E-state index contributed by atoms with van der Waals surface area (Å²) < 4.78 is 13.1. The Kier molecular flexibility index (Phi) is 6.52. The number of ether oxygens (including phenoxy) is 2. The number of benzene rings is 1. The van der Waals surface area contributed by atoms with Crippen LogP contribution in [-0.4, -0.2) is 27.5 Å². The van der Waals surface area contributed by atoms with Gasteiger partial charge in [0.2, 0.25) is 12.7 Å². The van der Waals surface area contributed by atoms with Gasteiger partial charge in [-0.2, -0.15) is 0 Å². The molecule has 4 rings (SSSR count). The van der Waals surface area contributed by atoms with Crippen LogP contribution in [0.4, 0.5) is 5.69 Å². The van der Waals surface area contributed by atoms with Crippen molar-refractivity contribution in [3.05, 3.63) is 40.0 Å². The second-order valence-corrected chi connectivity index (χ2v) is 9.83. The van der Waals surface area contributed by atoms with E-state index in [-0.39, 0.29) is 18.3 Å². The molecule has 31 heavy (non-hydrogen) atoms. The monoisotopic (exact) mass is 459 g/mol. The van der Waals surface area contributed by atoms with Crippen molar-refractivity contribution in [2.75, 3.05) is 12.1 Å². The SMILES string of the molecule is CC[C@@H](Sc1nc2ccsc2c(=O)n1CCC(C)C)C(=O)Nc1ccc2c(c1)OCO2. The van der Waals surface area contributed by atoms with E-state index in [1.54, 1.807) is 22.8 Å². The number of fused-ring (bicyclic) bond motifs is 2. The van der Waals surface area contributed by atoms with Gasteiger partial charge in [0.05, 0.1) is 10.8 Å². The lowest BCUT2D eigenvalue weighted by molar-refractivity contribution is -0.115. The van der Waals surface area contributed by atoms with Crippen molar-refractivity contribution >= 4 is 44.9 Å². The molecule has 0 saturated heterocycles. The van der Waals surface area contributed by atoms with Gasteiger partial charge in [0, 0.05) is 18.3 Å². The highest BCUT2D eigenvalue weighted by molar-refractivity contribution is 8.00. The summed E-state index contributed by atoms with van der Waals surface area (Å²) in [5.74, 6) is 1.61. The van der Waals surface area contributed by atoms with Crippen LogP contribution < -0.4 is 20.3 Å². The van der Waals surface area contributed by atoms with Crippen molar-refractivity contribution in [1.82, 2.24) is 9.55 Å². The molecule has 1 aliphatic rings. The fourth-order valence-electron chi connectivity index (χ4n) is 3.24. The Morgan fingerprint density at radius 3 is 2.87 bits per heavy atom. The van der Waals surface area contributed by atoms with Gasteiger partial charge in [-0.1, -0.05) is 32.5 Å². The maximum absolute atomic E-state index is 13.1. The molecular formula is C22H25N3O4S2. The second-order valence-electron chi connectivity index (χ2n) is 7.74. The normalized spacial score (nSPS) is 13.7. The Bertz CT molecular complexity index is 1160. The predicted octanol–water partition coefficient (Wildman–Crippen LogP) is 4.74. The quantitative estimate of drug-likeness (QED) is 0.387. The summed E-state index contributed by atoms with van der Waals surface area (Å²) in [4.78, 5) is 30.8. The first-order valence-corrected chi connectivity index (χ1v) is 12.1. The van der Waals surface area contributed by atoms with E-state index < -0.39 is 5.25 Å². The van der Waals surface area contributed by atoms with Crippen LogP contribution in [-0.2, 0) is 11.3 Å². The van der Waals surface area contributed by atoms with Crippen molar-refractivity contribution in [2.45, 2.75) is 50.6 Å². The minimum absolute atomic E-state index is 0.0332. The molecular weight excluding hydrogens is 434 g/mol. The van der Waals surface area contributed by atoms with E-state index in [1.165, 1.54) is 23.1 Å². The highest BCUT2D eigenvalue weighted by Crippen LogP contribution is 2.35. The Morgan fingerprint density at radius 2 is 2.10 bits per heavy atom. The smallest absolute Gasteiger partial charge is 0.272 e. The second kappa shape index (κ2) is 9.32. The zero-order chi connectivity index (χ0) is 22.0. The number of rotatable bonds is 8. The molecule has 0 spiro atoms. The summed E-state index contributed by atoms with van der Waals surface area (Å²) in [5.41, 5.74) is 1.30. The number of carbonyl (C=O) groups is 1. The van der Waals surface area contributed by atoms with E-state index >= 15 is 0 Å². The summed E-state index contributed by atoms with van der Waals surface area (Å²) in [5, 5.41) is 5.03. The first-order chi connectivity index (χ1) is 15.0. The van der Waals surface area contributed by atoms with Gasteiger partial charge in [-0.25, -0.2) is 4.98 Å². The molecule has 1 aliphatic heterocycles. The minimum atomic E-state index is -0.390. The number of aromatic nitrogens is 2. The zero-order valence-corrected chi connectivity index (χ0v) is 19.3. The third kappa shape index (κ3) is 4.72. The lowest BCUT2D eigenvalue weighted by Gasteiger charge is -2.18. The molecule has 3 aromatic rings. The molecule has 1 N–H and O–H groups in total. The summed E-state index contributed by atoms with van der Waals surface area (Å²) in [6, 6.07) is 7.18. The van der Waals surface area contributed by atoms with Gasteiger partial charge in [0.1, 0.15) is 4.70 Å². The standard InChI is InChI=1S/C22H25N3O4S2/c1-4-18(20(26)23-14-5-6-16-17(11-14)29-12-28-16)31-22-24-15-8-10-30-19(15)21(27)25(22)9-7-13(2)3/h5-6,8,10-11,13,18H,4,7,9,12H2,1-3H3,(H,23,26)/t18-/m1/s1. The maximum atomic E-state index is 13.1. The van der Waals surface area contributed by atoms with Crippen LogP contribution in [0.3, 0.4) is 0 Å². The van der Waals surface area contributed by atoms with Gasteiger partial charge in [-0.05, 0) is 42.3 Å². The molecule has 9 heteroatoms. The fourth-order valence-corrected chi connectivity index (χ4v) is 5.06. The van der Waals surface area contributed by atoms with Gasteiger partial charge in [0.15, 0.2) is 16.7 Å². The summed E-state index contributed by atoms with van der Waals surface area (Å²) in [6.45, 7) is 6.98. The number of thioether (sulfide) groups is 1. The van der Waals surface area contributed by atoms with Crippen molar-refractivity contribution < 1.29 is 14.3 Å². The van der Waals surface area contributed by atoms with Crippen LogP contribution in [0.15, 0.2) is 39.6 Å². The lowest BCUT2D eigenvalue weighted by atomic mass is 10.1. The number of anilines is 1. The van der Waals surface area contributed by atoms with Crippen molar-refractivity contribution in [2.24, 2.45) is 5.92 Å². The maximum Gasteiger partial charge on any atom is 0.272 e. The molecule has 0 radical (unpaired) electrons. The molecule has 164 valence electrons. The largest absolute Gasteiger partial charge is 0.454 e. The molecule has 0 saturated carbocycles. The van der Waals surface area contributed by atoms with Crippen LogP contribution >= 0.6 is 23.1 Å². The zero-order valence-electron chi connectivity index (χ0n) is 17.7. The van der Waals surface area contributed by atoms with Crippen LogP contribution in [0.2, 0.25) is 0 Å². The van der Waals surface area contributed by atoms with Crippen LogP contribution in [0.5, 0.6) is 11.5 Å². The number of thiophene rings is 1. The highest BCUT2D eigenvalue weighted by Gasteiger charge is 2.23. The lowest BCUT2D eigenvalue weighted by Crippen LogP contribution is -2.28. The van der Waals surface area contributed by atoms with Crippen LogP contribution in [0, 0.1) is 5.92 Å². The number of hydrogen-bond donors (Lipinski definition) is 1. The summed E-state index contributed by atoms with van der Waals surface area (Å²) in [6.07, 6.45) is 1.47. The predicted molar refractivity (Wildman–Crippen MR) is 124 cm³/mol. The molecule has 3 heterocycles. The van der Waals surface area contributed by atoms with E-state index in [1.807, 2.05) is 18.4 Å². The Morgan fingerprint density at radius 1 is 1.29 bits per heavy atom. The summed E-state index contributed by atoms with van der Waals surface area (Å²) >= 11 is 2.75. The number of nitrogens with one attached hydrogen (secondary N) is 1. The fraction of sp³-hybridized carbons (Fsp3) is 0.409. The Hall–Kier alpha value is -2.52. The van der Waals surface area contributed by atoms with E-state index in [0.717, 1.165) is 6.42 Å².